The third-order valence-electron chi connectivity index (χ3n) is 5.12. The number of rotatable bonds is 5. The molecule has 0 bridgehead atoms. The third kappa shape index (κ3) is 4.26. The largest absolute Gasteiger partial charge is 0.352 e. The van der Waals surface area contributed by atoms with Crippen molar-refractivity contribution >= 4 is 17.7 Å². The lowest BCUT2D eigenvalue weighted by atomic mass is 9.86. The van der Waals surface area contributed by atoms with Crippen LogP contribution in [0.2, 0.25) is 0 Å². The highest BCUT2D eigenvalue weighted by atomic mass is 32.2. The Morgan fingerprint density at radius 2 is 2.08 bits per heavy atom. The van der Waals surface area contributed by atoms with Crippen LogP contribution in [0.25, 0.3) is 5.69 Å². The summed E-state index contributed by atoms with van der Waals surface area (Å²) < 4.78 is 1.72. The summed E-state index contributed by atoms with van der Waals surface area (Å²) >= 11 is 1.40. The van der Waals surface area contributed by atoms with Crippen LogP contribution in [0.1, 0.15) is 50.7 Å². The molecule has 1 saturated carbocycles. The molecular formula is C19H27N5OS. The Kier molecular flexibility index (Phi) is 5.96. The monoisotopic (exact) mass is 373 g/mol. The first-order chi connectivity index (χ1) is 12.5. The van der Waals surface area contributed by atoms with Crippen LogP contribution < -0.4 is 5.32 Å². The van der Waals surface area contributed by atoms with Crippen LogP contribution in [0.4, 0.5) is 0 Å². The minimum absolute atomic E-state index is 0.0595. The first kappa shape index (κ1) is 18.9. The van der Waals surface area contributed by atoms with E-state index in [0.29, 0.717) is 11.1 Å². The van der Waals surface area contributed by atoms with Crippen molar-refractivity contribution in [2.45, 2.75) is 69.8 Å². The van der Waals surface area contributed by atoms with Crippen LogP contribution in [0.5, 0.6) is 0 Å². The molecule has 1 aliphatic rings. The average molecular weight is 374 g/mol. The van der Waals surface area contributed by atoms with Crippen molar-refractivity contribution in [3.63, 3.8) is 0 Å². The van der Waals surface area contributed by atoms with Crippen LogP contribution in [-0.4, -0.2) is 37.4 Å². The molecule has 3 atom stereocenters. The molecule has 140 valence electrons. The van der Waals surface area contributed by atoms with Crippen LogP contribution in [0, 0.1) is 19.8 Å². The van der Waals surface area contributed by atoms with E-state index >= 15 is 0 Å². The molecule has 1 amide bonds. The van der Waals surface area contributed by atoms with Gasteiger partial charge in [0.05, 0.1) is 10.9 Å². The number of carbonyl (C=O) groups is 1. The van der Waals surface area contributed by atoms with Gasteiger partial charge in [-0.2, -0.15) is 4.68 Å². The highest BCUT2D eigenvalue weighted by Crippen LogP contribution is 2.27. The van der Waals surface area contributed by atoms with Gasteiger partial charge in [0, 0.05) is 6.04 Å². The molecule has 1 heterocycles. The Morgan fingerprint density at radius 3 is 2.85 bits per heavy atom. The maximum atomic E-state index is 12.6. The molecule has 0 unspecified atom stereocenters. The summed E-state index contributed by atoms with van der Waals surface area (Å²) in [5.41, 5.74) is 3.19. The molecule has 7 heteroatoms. The van der Waals surface area contributed by atoms with Crippen LogP contribution in [0.15, 0.2) is 23.4 Å². The fourth-order valence-electron chi connectivity index (χ4n) is 3.39. The second kappa shape index (κ2) is 8.20. The van der Waals surface area contributed by atoms with Gasteiger partial charge in [-0.3, -0.25) is 4.79 Å². The summed E-state index contributed by atoms with van der Waals surface area (Å²) in [5.74, 6) is 0.606. The first-order valence-corrected chi connectivity index (χ1v) is 10.2. The highest BCUT2D eigenvalue weighted by Gasteiger charge is 2.26. The molecule has 0 aliphatic heterocycles. The van der Waals surface area contributed by atoms with Gasteiger partial charge >= 0.3 is 0 Å². The van der Waals surface area contributed by atoms with Gasteiger partial charge in [-0.05, 0) is 67.2 Å². The maximum absolute atomic E-state index is 12.6. The second-order valence-corrected chi connectivity index (χ2v) is 8.61. The van der Waals surface area contributed by atoms with Gasteiger partial charge in [-0.15, -0.1) is 5.10 Å². The lowest BCUT2D eigenvalue weighted by molar-refractivity contribution is -0.121. The fraction of sp³-hybridized carbons (Fsp3) is 0.579. The standard InChI is InChI=1S/C19H27N5OS/c1-12-9-10-14(3)17(11-12)24-19(21-22-23-24)26-15(4)18(25)20-16-8-6-5-7-13(16)2/h9-11,13,15-16H,5-8H2,1-4H3,(H,20,25)/t13-,15+,16-/m0/s1. The maximum Gasteiger partial charge on any atom is 0.233 e. The number of nitrogens with one attached hydrogen (secondary N) is 1. The molecule has 1 aromatic carbocycles. The Balaban J connectivity index is 1.70. The van der Waals surface area contributed by atoms with E-state index in [4.69, 9.17) is 0 Å². The van der Waals surface area contributed by atoms with Crippen molar-refractivity contribution in [1.82, 2.24) is 25.5 Å². The van der Waals surface area contributed by atoms with Gasteiger partial charge in [0.15, 0.2) is 0 Å². The molecule has 2 aromatic rings. The second-order valence-electron chi connectivity index (χ2n) is 7.30. The Labute approximate surface area is 159 Å². The molecule has 0 spiro atoms. The molecule has 6 nitrogen and oxygen atoms in total. The summed E-state index contributed by atoms with van der Waals surface area (Å²) in [4.78, 5) is 12.6. The van der Waals surface area contributed by atoms with E-state index in [1.807, 2.05) is 20.8 Å². The van der Waals surface area contributed by atoms with Gasteiger partial charge in [0.25, 0.3) is 0 Å². The molecule has 1 aromatic heterocycles. The topological polar surface area (TPSA) is 72.7 Å². The SMILES string of the molecule is Cc1ccc(C)c(-n2nnnc2S[C@H](C)C(=O)N[C@H]2CCCC[C@@H]2C)c1. The number of hydrogen-bond donors (Lipinski definition) is 1. The van der Waals surface area contributed by atoms with Crippen molar-refractivity contribution in [2.75, 3.05) is 0 Å². The normalized spacial score (nSPS) is 21.4. The molecule has 1 aliphatic carbocycles. The Morgan fingerprint density at radius 1 is 1.31 bits per heavy atom. The van der Waals surface area contributed by atoms with Gasteiger partial charge in [0.2, 0.25) is 11.1 Å². The van der Waals surface area contributed by atoms with Gasteiger partial charge < -0.3 is 5.32 Å². The molecule has 0 radical (unpaired) electrons. The van der Waals surface area contributed by atoms with Gasteiger partial charge in [-0.1, -0.05) is 43.7 Å². The summed E-state index contributed by atoms with van der Waals surface area (Å²) in [6, 6.07) is 6.47. The number of benzene rings is 1. The lowest BCUT2D eigenvalue weighted by Crippen LogP contribution is -2.44. The first-order valence-electron chi connectivity index (χ1n) is 9.28. The average Bonchev–Trinajstić information content (AvgIpc) is 3.07. The van der Waals surface area contributed by atoms with Crippen molar-refractivity contribution in [3.8, 4) is 5.69 Å². The van der Waals surface area contributed by atoms with Crippen molar-refractivity contribution in [3.05, 3.63) is 29.3 Å². The quantitative estimate of drug-likeness (QED) is 0.813. The van der Waals surface area contributed by atoms with Crippen molar-refractivity contribution < 1.29 is 4.79 Å². The third-order valence-corrected chi connectivity index (χ3v) is 6.16. The Hall–Kier alpha value is -1.89. The zero-order valence-electron chi connectivity index (χ0n) is 15.9. The summed E-state index contributed by atoms with van der Waals surface area (Å²) in [7, 11) is 0. The number of tetrazole rings is 1. The fourth-order valence-corrected chi connectivity index (χ4v) is 4.20. The van der Waals surface area contributed by atoms with E-state index in [9.17, 15) is 4.79 Å². The van der Waals surface area contributed by atoms with Crippen LogP contribution in [0.3, 0.4) is 0 Å². The van der Waals surface area contributed by atoms with Gasteiger partial charge in [0.1, 0.15) is 0 Å². The Bertz CT molecular complexity index is 775. The van der Waals surface area contributed by atoms with Crippen LogP contribution in [-0.2, 0) is 4.79 Å². The van der Waals surface area contributed by atoms with E-state index in [1.54, 1.807) is 4.68 Å². The molecule has 1 fully saturated rings. The molecule has 26 heavy (non-hydrogen) atoms. The van der Waals surface area contributed by atoms with E-state index in [2.05, 4.69) is 46.0 Å². The number of carbonyl (C=O) groups excluding carboxylic acids is 1. The minimum atomic E-state index is -0.251. The number of amides is 1. The molecule has 1 N–H and O–H groups in total. The lowest BCUT2D eigenvalue weighted by Gasteiger charge is -2.30. The van der Waals surface area contributed by atoms with Crippen molar-refractivity contribution in [1.29, 1.82) is 0 Å². The molecular weight excluding hydrogens is 346 g/mol. The minimum Gasteiger partial charge on any atom is -0.352 e. The van der Waals surface area contributed by atoms with Crippen molar-refractivity contribution in [2.24, 2.45) is 5.92 Å². The zero-order chi connectivity index (χ0) is 18.7. The van der Waals surface area contributed by atoms with Crippen LogP contribution >= 0.6 is 11.8 Å². The number of thioether (sulfide) groups is 1. The molecule has 3 rings (SSSR count). The smallest absolute Gasteiger partial charge is 0.233 e. The number of nitrogens with zero attached hydrogens (tertiary/aromatic N) is 4. The number of aromatic nitrogens is 4. The van der Waals surface area contributed by atoms with E-state index < -0.39 is 0 Å². The highest BCUT2D eigenvalue weighted by molar-refractivity contribution is 8.00. The van der Waals surface area contributed by atoms with Gasteiger partial charge in [-0.25, -0.2) is 0 Å². The molecule has 0 saturated heterocycles. The van der Waals surface area contributed by atoms with E-state index in [0.717, 1.165) is 23.2 Å². The predicted octanol–water partition coefficient (Wildman–Crippen LogP) is 3.45. The predicted molar refractivity (Wildman–Crippen MR) is 104 cm³/mol. The summed E-state index contributed by atoms with van der Waals surface area (Å²) in [5, 5.41) is 15.7. The summed E-state index contributed by atoms with van der Waals surface area (Å²) in [6.07, 6.45) is 4.73. The number of aryl methyl sites for hydroxylation is 2. The summed E-state index contributed by atoms with van der Waals surface area (Å²) in [6.45, 7) is 8.21. The van der Waals surface area contributed by atoms with E-state index in [-0.39, 0.29) is 17.2 Å². The zero-order valence-corrected chi connectivity index (χ0v) is 16.7. The van der Waals surface area contributed by atoms with E-state index in [1.165, 1.54) is 31.0 Å². The number of hydrogen-bond acceptors (Lipinski definition) is 5.